The van der Waals surface area contributed by atoms with E-state index in [0.717, 1.165) is 98.7 Å². The zero-order valence-corrected chi connectivity index (χ0v) is 54.6. The number of rotatable bonds is 6. The molecule has 4 fully saturated rings. The van der Waals surface area contributed by atoms with E-state index < -0.39 is 0 Å². The van der Waals surface area contributed by atoms with Crippen LogP contribution in [0.25, 0.3) is 0 Å². The Kier molecular flexibility index (Phi) is 15.6. The molecule has 0 amide bonds. The fraction of sp³-hybridized carbons (Fsp3) is 0.542. The van der Waals surface area contributed by atoms with E-state index in [2.05, 4.69) is 123 Å². The second-order valence-corrected chi connectivity index (χ2v) is 25.2. The number of hydrogen-bond donors (Lipinski definition) is 0. The van der Waals surface area contributed by atoms with E-state index in [4.69, 9.17) is 9.47 Å². The van der Waals surface area contributed by atoms with Crippen molar-refractivity contribution >= 4 is 41.3 Å². The minimum Gasteiger partial charge on any atom is -0.490 e. The van der Waals surface area contributed by atoms with Crippen LogP contribution in [0.15, 0.2) is 78.9 Å². The third-order valence-electron chi connectivity index (χ3n) is 20.6. The summed E-state index contributed by atoms with van der Waals surface area (Å²) in [7, 11) is 0.281. The first kappa shape index (κ1) is 55.6. The van der Waals surface area contributed by atoms with Gasteiger partial charge in [0.25, 0.3) is 0 Å². The number of allylic oxidation sites excluding steroid dienone is 1. The molecule has 8 aliphatic carbocycles. The Hall–Kier alpha value is -0.704. The van der Waals surface area contributed by atoms with Crippen molar-refractivity contribution in [2.24, 2.45) is 22.7 Å². The van der Waals surface area contributed by atoms with Crippen molar-refractivity contribution in [3.8, 4) is 11.5 Å². The molecule has 73 heavy (non-hydrogen) atoms. The monoisotopic (exact) mass is 1350 g/mol. The summed E-state index contributed by atoms with van der Waals surface area (Å²) in [5.74, 6) is 6.03. The SMILES string of the molecule is CCN1CC[C@]23CC(C)C=C[C-]2[C@H]1Cc1ccc(P=O)cc13.CCN1CC[C@]23c4c5ccc(P=O)c4O[C@H]2C(C)C=C[C-]3[C@H]1C5.CCN1CC[C@]23c4c5ccc(P=O)c4O[C@H]2[C@@]2(C)C=C[C@@]3(C[CH-]2)[C@H]1C5.[W].[Y].[Y]. The third-order valence-corrected chi connectivity index (χ3v) is 22.2. The van der Waals surface area contributed by atoms with E-state index in [1.807, 2.05) is 18.2 Å². The van der Waals surface area contributed by atoms with E-state index in [1.54, 1.807) is 11.8 Å². The first-order valence-corrected chi connectivity index (χ1v) is 29.1. The molecular formula is C59H67N3O5P3WY2-3. The number of ether oxygens (including phenoxy) is 2. The maximum Gasteiger partial charge on any atom is 0.196 e. The molecule has 2 unspecified atom stereocenters. The van der Waals surface area contributed by atoms with E-state index in [-0.39, 0.29) is 151 Å². The molecule has 5 heterocycles. The topological polar surface area (TPSA) is 79.4 Å². The zero-order chi connectivity index (χ0) is 48.1. The van der Waals surface area contributed by atoms with Gasteiger partial charge in [0.1, 0.15) is 11.5 Å². The number of hydrogen-bond acceptors (Lipinski definition) is 8. The second-order valence-electron chi connectivity index (χ2n) is 23.2. The van der Waals surface area contributed by atoms with Crippen molar-refractivity contribution < 1.29 is 110 Å². The van der Waals surface area contributed by atoms with Crippen molar-refractivity contribution in [2.75, 3.05) is 39.3 Å². The van der Waals surface area contributed by atoms with Crippen molar-refractivity contribution in [2.45, 2.75) is 139 Å². The molecule has 3 aromatic carbocycles. The molecule has 2 radical (unpaired) electrons. The smallest absolute Gasteiger partial charge is 0.196 e. The number of likely N-dealkylation sites (tertiary alicyclic amines) is 3. The van der Waals surface area contributed by atoms with E-state index >= 15 is 0 Å². The van der Waals surface area contributed by atoms with Crippen LogP contribution < -0.4 is 25.4 Å². The normalized spacial score (nSPS) is 37.4. The Balaban J connectivity index is 0.000000123. The summed E-state index contributed by atoms with van der Waals surface area (Å²) in [6.45, 7) is 20.5. The molecule has 0 N–H and O–H groups in total. The van der Waals surface area contributed by atoms with Gasteiger partial charge in [-0.25, -0.2) is 24.3 Å². The standard InChI is InChI=1S/C21H23NO2P.C19H21NO2P.C19H23NOP.W.2Y/c1-3-22-11-10-21-16-13-4-5-14(25-23)17(16)24-18(21)19(2)6-8-20(21,9-7-19)15(22)12-13;1-3-20-9-8-19-13-6-4-11(2)18(19)22-17-15(23-21)7-5-12(16(17)19)10-14(13)20;1-3-20-9-8-19-12-13(2)4-7-16(19)18(20)10-14-5-6-15(22-21)11-17(14)19;;;/h4-8,15,18H,3,9-12H2,1-2H3;4-7,11,14,18H,3,8-10H2,1-2H3;4-7,11,13,18H,3,8-10,12H2,1-2H3;;;/q3*-1;;;/t15-,18+,19+,20-,21+;11?,14-,18+,19+;13?,18-,19+;;;/m111.../s1. The van der Waals surface area contributed by atoms with Crippen molar-refractivity contribution in [3.63, 3.8) is 0 Å². The molecule has 8 nitrogen and oxygen atoms in total. The minimum absolute atomic E-state index is 0. The Morgan fingerprint density at radius 1 is 0.712 bits per heavy atom. The first-order chi connectivity index (χ1) is 34.0. The summed E-state index contributed by atoms with van der Waals surface area (Å²) in [5.41, 5.74) is 8.94. The van der Waals surface area contributed by atoms with Crippen LogP contribution in [-0.2, 0) is 136 Å². The number of fused-ring (bicyclic) bond motifs is 2. The molecule has 8 bridgehead atoms. The first-order valence-electron chi connectivity index (χ1n) is 26.7. The maximum atomic E-state index is 11.8. The molecule has 3 saturated heterocycles. The second kappa shape index (κ2) is 20.4. The fourth-order valence-electron chi connectivity index (χ4n) is 17.6. The van der Waals surface area contributed by atoms with E-state index in [1.165, 1.54) is 52.8 Å². The van der Waals surface area contributed by atoms with Gasteiger partial charge in [0, 0.05) is 109 Å². The van der Waals surface area contributed by atoms with Gasteiger partial charge in [-0.15, -0.1) is 11.5 Å². The van der Waals surface area contributed by atoms with Crippen LogP contribution in [0, 0.1) is 40.9 Å². The van der Waals surface area contributed by atoms with Gasteiger partial charge in [0.15, 0.2) is 25.4 Å². The predicted octanol–water partition coefficient (Wildman–Crippen LogP) is 10.1. The van der Waals surface area contributed by atoms with Crippen LogP contribution >= 0.6 is 25.4 Å². The summed E-state index contributed by atoms with van der Waals surface area (Å²) in [4.78, 5) is 7.93. The van der Waals surface area contributed by atoms with Gasteiger partial charge in [-0.05, 0) is 153 Å². The third kappa shape index (κ3) is 7.60. The number of likely N-dealkylation sites (N-methyl/N-ethyl adjacent to an activating group) is 3. The molecular weight excluding hydrogens is 1290 g/mol. The van der Waals surface area contributed by atoms with Gasteiger partial charge in [0.05, 0.1) is 22.8 Å². The van der Waals surface area contributed by atoms with Gasteiger partial charge in [0.2, 0.25) is 0 Å². The molecule has 13 aliphatic rings. The van der Waals surface area contributed by atoms with Crippen LogP contribution in [0.1, 0.15) is 107 Å². The fourth-order valence-corrected chi connectivity index (χ4v) is 18.7. The average molecular weight is 1350 g/mol. The van der Waals surface area contributed by atoms with Gasteiger partial charge >= 0.3 is 0 Å². The molecule has 12 atom stereocenters. The van der Waals surface area contributed by atoms with E-state index in [9.17, 15) is 13.7 Å². The molecule has 3 aromatic rings. The van der Waals surface area contributed by atoms with Crippen LogP contribution in [0.4, 0.5) is 0 Å². The Morgan fingerprint density at radius 3 is 2.01 bits per heavy atom. The quantitative estimate of drug-likeness (QED) is 0.137. The Morgan fingerprint density at radius 2 is 1.34 bits per heavy atom. The van der Waals surface area contributed by atoms with Crippen molar-refractivity contribution in [3.05, 3.63) is 131 Å². The minimum atomic E-state index is -0.0225. The summed E-state index contributed by atoms with van der Waals surface area (Å²) in [6, 6.07) is 16.5. The number of benzene rings is 3. The van der Waals surface area contributed by atoms with Gasteiger partial charge in [-0.1, -0.05) is 89.6 Å². The van der Waals surface area contributed by atoms with Crippen molar-refractivity contribution in [1.29, 1.82) is 0 Å². The molecule has 14 heteroatoms. The molecule has 16 rings (SSSR count). The summed E-state index contributed by atoms with van der Waals surface area (Å²) in [6.07, 6.45) is 26.4. The Bertz CT molecular complexity index is 2830. The van der Waals surface area contributed by atoms with Crippen LogP contribution in [0.3, 0.4) is 0 Å². The largest absolute Gasteiger partial charge is 0.490 e. The van der Waals surface area contributed by atoms with E-state index in [0.29, 0.717) is 30.0 Å². The zero-order valence-electron chi connectivity index (χ0n) is 43.3. The predicted molar refractivity (Wildman–Crippen MR) is 279 cm³/mol. The Labute approximate surface area is 503 Å². The van der Waals surface area contributed by atoms with Crippen LogP contribution in [-0.4, -0.2) is 84.3 Å². The van der Waals surface area contributed by atoms with Gasteiger partial charge in [-0.2, -0.15) is 18.3 Å². The molecule has 3 spiro atoms. The molecule has 378 valence electrons. The molecule has 0 aromatic heterocycles. The number of piperidine rings is 3. The van der Waals surface area contributed by atoms with Crippen LogP contribution in [0.5, 0.6) is 11.5 Å². The summed E-state index contributed by atoms with van der Waals surface area (Å²) < 4.78 is 47.9. The molecule has 5 aliphatic heterocycles. The maximum absolute atomic E-state index is 11.8. The average Bonchev–Trinajstić information content (AvgIpc) is 3.93. The molecule has 1 saturated carbocycles. The van der Waals surface area contributed by atoms with Crippen LogP contribution in [0.2, 0.25) is 0 Å². The number of nitrogens with zero attached hydrogens (tertiary/aromatic N) is 3. The summed E-state index contributed by atoms with van der Waals surface area (Å²) in [5, 5.41) is 2.57. The van der Waals surface area contributed by atoms with Crippen molar-refractivity contribution in [1.82, 2.24) is 14.7 Å². The van der Waals surface area contributed by atoms with Gasteiger partial charge in [-0.3, -0.25) is 18.6 Å². The van der Waals surface area contributed by atoms with Gasteiger partial charge < -0.3 is 25.7 Å². The summed E-state index contributed by atoms with van der Waals surface area (Å²) >= 11 is 0.